The lowest BCUT2D eigenvalue weighted by Gasteiger charge is -2.25. The predicted molar refractivity (Wildman–Crippen MR) is 144 cm³/mol. The molecule has 0 aliphatic heterocycles. The van der Waals surface area contributed by atoms with E-state index >= 15 is 0 Å². The molecule has 0 heterocycles. The molecule has 0 atom stereocenters. The zero-order valence-electron chi connectivity index (χ0n) is 22.2. The molecule has 8 nitrogen and oxygen atoms in total. The number of sulfonamides is 1. The van der Waals surface area contributed by atoms with Crippen molar-refractivity contribution in [1.29, 1.82) is 0 Å². The Kier molecular flexibility index (Phi) is 9.22. The van der Waals surface area contributed by atoms with Crippen LogP contribution < -0.4 is 23.8 Å². The van der Waals surface area contributed by atoms with Gasteiger partial charge in [0.15, 0.2) is 11.5 Å². The summed E-state index contributed by atoms with van der Waals surface area (Å²) in [6.45, 7) is 6.07. The smallest absolute Gasteiger partial charge is 0.264 e. The molecule has 1 N–H and O–H groups in total. The highest BCUT2D eigenvalue weighted by atomic mass is 32.2. The average molecular weight is 545 g/mol. The first-order valence-electron chi connectivity index (χ1n) is 12.0. The van der Waals surface area contributed by atoms with Crippen LogP contribution >= 0.6 is 0 Å². The average Bonchev–Trinajstić information content (AvgIpc) is 2.89. The van der Waals surface area contributed by atoms with Crippen LogP contribution in [0.25, 0.3) is 0 Å². The fourth-order valence-corrected chi connectivity index (χ4v) is 5.21. The Morgan fingerprint density at radius 1 is 0.921 bits per heavy atom. The lowest BCUT2D eigenvalue weighted by Crippen LogP contribution is -2.42. The molecule has 38 heavy (non-hydrogen) atoms. The van der Waals surface area contributed by atoms with Gasteiger partial charge in [0.05, 0.1) is 31.3 Å². The standard InChI is InChI=1S/C28H33FN2O6S/c1-28(2,3)23-8-6-7-9-24(23)37-17-16-30-27(32)19-31(21-12-10-20(29)11-13-21)38(33,34)22-14-15-25(35-4)26(18-22)36-5/h6-15,18H,16-17,19H2,1-5H3,(H,30,32). The van der Waals surface area contributed by atoms with E-state index in [1.807, 2.05) is 24.3 Å². The second-order valence-electron chi connectivity index (χ2n) is 9.45. The lowest BCUT2D eigenvalue weighted by atomic mass is 9.86. The summed E-state index contributed by atoms with van der Waals surface area (Å²) in [4.78, 5) is 12.7. The zero-order chi connectivity index (χ0) is 27.9. The first-order valence-corrected chi connectivity index (χ1v) is 13.4. The van der Waals surface area contributed by atoms with Crippen LogP contribution in [0, 0.1) is 5.82 Å². The van der Waals surface area contributed by atoms with E-state index in [9.17, 15) is 17.6 Å². The van der Waals surface area contributed by atoms with Crippen LogP contribution in [0.2, 0.25) is 0 Å². The number of methoxy groups -OCH3 is 2. The number of hydrogen-bond acceptors (Lipinski definition) is 6. The number of anilines is 1. The fourth-order valence-electron chi connectivity index (χ4n) is 3.78. The maximum absolute atomic E-state index is 13.6. The molecule has 0 saturated carbocycles. The minimum Gasteiger partial charge on any atom is -0.493 e. The molecular formula is C28H33FN2O6S. The second kappa shape index (κ2) is 12.2. The van der Waals surface area contributed by atoms with E-state index in [1.54, 1.807) is 0 Å². The van der Waals surface area contributed by atoms with Crippen molar-refractivity contribution in [2.24, 2.45) is 0 Å². The SMILES string of the molecule is COc1ccc(S(=O)(=O)N(CC(=O)NCCOc2ccccc2C(C)(C)C)c2ccc(F)cc2)cc1OC. The molecule has 0 saturated heterocycles. The summed E-state index contributed by atoms with van der Waals surface area (Å²) in [5.74, 6) is 0.203. The van der Waals surface area contributed by atoms with Gasteiger partial charge in [-0.2, -0.15) is 0 Å². The van der Waals surface area contributed by atoms with Crippen LogP contribution in [0.3, 0.4) is 0 Å². The molecule has 3 aromatic carbocycles. The van der Waals surface area contributed by atoms with Crippen molar-refractivity contribution in [3.63, 3.8) is 0 Å². The fraction of sp³-hybridized carbons (Fsp3) is 0.321. The minimum atomic E-state index is -4.23. The van der Waals surface area contributed by atoms with Crippen LogP contribution in [0.15, 0.2) is 71.6 Å². The third-order valence-electron chi connectivity index (χ3n) is 5.72. The molecule has 0 radical (unpaired) electrons. The molecule has 0 unspecified atom stereocenters. The maximum Gasteiger partial charge on any atom is 0.264 e. The maximum atomic E-state index is 13.6. The predicted octanol–water partition coefficient (Wildman–Crippen LogP) is 4.53. The molecule has 0 aliphatic carbocycles. The first-order chi connectivity index (χ1) is 18.0. The van der Waals surface area contributed by atoms with Gasteiger partial charge in [0, 0.05) is 6.07 Å². The van der Waals surface area contributed by atoms with Crippen molar-refractivity contribution in [3.8, 4) is 17.2 Å². The van der Waals surface area contributed by atoms with E-state index < -0.39 is 28.3 Å². The normalized spacial score (nSPS) is 11.5. The Bertz CT molecular complexity index is 1350. The first kappa shape index (κ1) is 28.8. The van der Waals surface area contributed by atoms with Gasteiger partial charge in [-0.15, -0.1) is 0 Å². The van der Waals surface area contributed by atoms with Crippen molar-refractivity contribution < 1.29 is 31.8 Å². The topological polar surface area (TPSA) is 94.2 Å². The minimum absolute atomic E-state index is 0.116. The molecule has 204 valence electrons. The van der Waals surface area contributed by atoms with Gasteiger partial charge < -0.3 is 19.5 Å². The highest BCUT2D eigenvalue weighted by molar-refractivity contribution is 7.92. The highest BCUT2D eigenvalue weighted by Crippen LogP contribution is 2.33. The molecule has 3 aromatic rings. The van der Waals surface area contributed by atoms with E-state index in [0.29, 0.717) is 5.75 Å². The van der Waals surface area contributed by atoms with Gasteiger partial charge in [-0.3, -0.25) is 9.10 Å². The van der Waals surface area contributed by atoms with Crippen LogP contribution in [0.4, 0.5) is 10.1 Å². The summed E-state index contributed by atoms with van der Waals surface area (Å²) in [5, 5.41) is 2.70. The van der Waals surface area contributed by atoms with Crippen LogP contribution in [-0.2, 0) is 20.2 Å². The van der Waals surface area contributed by atoms with Gasteiger partial charge in [0.2, 0.25) is 5.91 Å². The number of hydrogen-bond donors (Lipinski definition) is 1. The van der Waals surface area contributed by atoms with E-state index in [1.165, 1.54) is 44.6 Å². The van der Waals surface area contributed by atoms with Gasteiger partial charge in [-0.25, -0.2) is 12.8 Å². The third-order valence-corrected chi connectivity index (χ3v) is 7.49. The summed E-state index contributed by atoms with van der Waals surface area (Å²) >= 11 is 0. The number of nitrogens with zero attached hydrogens (tertiary/aromatic N) is 1. The quantitative estimate of drug-likeness (QED) is 0.357. The van der Waals surface area contributed by atoms with Gasteiger partial charge >= 0.3 is 0 Å². The largest absolute Gasteiger partial charge is 0.493 e. The van der Waals surface area contributed by atoms with Gasteiger partial charge in [-0.1, -0.05) is 39.0 Å². The number of halogens is 1. The molecule has 1 amide bonds. The molecule has 0 fully saturated rings. The van der Waals surface area contributed by atoms with Crippen LogP contribution in [-0.4, -0.2) is 48.2 Å². The zero-order valence-corrected chi connectivity index (χ0v) is 23.0. The van der Waals surface area contributed by atoms with Gasteiger partial charge in [-0.05, 0) is 53.4 Å². The summed E-state index contributed by atoms with van der Waals surface area (Å²) < 4.78 is 58.0. The third kappa shape index (κ3) is 6.95. The van der Waals surface area contributed by atoms with E-state index in [4.69, 9.17) is 14.2 Å². The van der Waals surface area contributed by atoms with Gasteiger partial charge in [0.1, 0.15) is 24.7 Å². The van der Waals surface area contributed by atoms with E-state index in [2.05, 4.69) is 26.1 Å². The molecule has 0 aromatic heterocycles. The number of nitrogens with one attached hydrogen (secondary N) is 1. The van der Waals surface area contributed by atoms with E-state index in [-0.39, 0.29) is 34.9 Å². The molecule has 3 rings (SSSR count). The number of carbonyl (C=O) groups is 1. The van der Waals surface area contributed by atoms with Crippen molar-refractivity contribution in [2.75, 3.05) is 38.2 Å². The van der Waals surface area contributed by atoms with Crippen molar-refractivity contribution >= 4 is 21.6 Å². The number of benzene rings is 3. The molecule has 0 spiro atoms. The Balaban J connectivity index is 1.76. The Morgan fingerprint density at radius 2 is 1.58 bits per heavy atom. The Hall–Kier alpha value is -3.79. The van der Waals surface area contributed by atoms with Crippen molar-refractivity contribution in [1.82, 2.24) is 5.32 Å². The number of amides is 1. The highest BCUT2D eigenvalue weighted by Gasteiger charge is 2.28. The Labute approximate surface area is 223 Å². The van der Waals surface area contributed by atoms with Gasteiger partial charge in [0.25, 0.3) is 10.0 Å². The number of para-hydroxylation sites is 1. The van der Waals surface area contributed by atoms with Crippen molar-refractivity contribution in [2.45, 2.75) is 31.1 Å². The van der Waals surface area contributed by atoms with Crippen molar-refractivity contribution in [3.05, 3.63) is 78.1 Å². The monoisotopic (exact) mass is 544 g/mol. The molecular weight excluding hydrogens is 511 g/mol. The number of rotatable bonds is 11. The summed E-state index contributed by atoms with van der Waals surface area (Å²) in [6.07, 6.45) is 0. The van der Waals surface area contributed by atoms with Crippen LogP contribution in [0.1, 0.15) is 26.3 Å². The summed E-state index contributed by atoms with van der Waals surface area (Å²) in [7, 11) is -1.40. The molecule has 0 bridgehead atoms. The van der Waals surface area contributed by atoms with Crippen LogP contribution in [0.5, 0.6) is 17.2 Å². The van der Waals surface area contributed by atoms with E-state index in [0.717, 1.165) is 27.8 Å². The summed E-state index contributed by atoms with van der Waals surface area (Å²) in [5.41, 5.74) is 1.05. The molecule has 10 heteroatoms. The molecule has 0 aliphatic rings. The lowest BCUT2D eigenvalue weighted by molar-refractivity contribution is -0.119. The Morgan fingerprint density at radius 3 is 2.21 bits per heavy atom. The number of ether oxygens (including phenoxy) is 3. The number of carbonyl (C=O) groups excluding carboxylic acids is 1. The summed E-state index contributed by atoms with van der Waals surface area (Å²) in [6, 6.07) is 16.7. The second-order valence-corrected chi connectivity index (χ2v) is 11.3.